The van der Waals surface area contributed by atoms with E-state index in [4.69, 9.17) is 0 Å². The van der Waals surface area contributed by atoms with Crippen molar-refractivity contribution in [1.82, 2.24) is 4.90 Å². The molecule has 3 atom stereocenters. The van der Waals surface area contributed by atoms with Crippen LogP contribution in [0.3, 0.4) is 0 Å². The number of hydrogen-bond acceptors (Lipinski definition) is 8. The lowest BCUT2D eigenvalue weighted by atomic mass is 9.60. The molecule has 8 heteroatoms. The first kappa shape index (κ1) is 22.0. The van der Waals surface area contributed by atoms with E-state index < -0.39 is 52.0 Å². The Labute approximate surface area is 184 Å². The summed E-state index contributed by atoms with van der Waals surface area (Å²) in [4.78, 5) is 40.7. The van der Waals surface area contributed by atoms with Crippen molar-refractivity contribution in [3.05, 3.63) is 45.7 Å². The van der Waals surface area contributed by atoms with E-state index in [0.29, 0.717) is 22.1 Å². The number of aliphatic hydroxyl groups is 2. The van der Waals surface area contributed by atoms with E-state index in [1.165, 1.54) is 0 Å². The maximum absolute atomic E-state index is 13.7. The predicted molar refractivity (Wildman–Crippen MR) is 116 cm³/mol. The van der Waals surface area contributed by atoms with Crippen molar-refractivity contribution in [2.24, 2.45) is 5.92 Å². The smallest absolute Gasteiger partial charge is 0.209 e. The van der Waals surface area contributed by atoms with Crippen LogP contribution in [0, 0.1) is 19.8 Å². The molecule has 0 saturated carbocycles. The van der Waals surface area contributed by atoms with Crippen molar-refractivity contribution in [2.45, 2.75) is 38.8 Å². The van der Waals surface area contributed by atoms with E-state index in [-0.39, 0.29) is 23.1 Å². The summed E-state index contributed by atoms with van der Waals surface area (Å²) < 4.78 is 0. The highest BCUT2D eigenvalue weighted by molar-refractivity contribution is 6.33. The molecule has 4 rings (SSSR count). The number of likely N-dealkylation sites (N-methyl/N-ethyl adjacent to an activating group) is 1. The zero-order chi connectivity index (χ0) is 23.9. The quantitative estimate of drug-likeness (QED) is 0.411. The topological polar surface area (TPSA) is 135 Å². The Morgan fingerprint density at radius 1 is 1.06 bits per heavy atom. The van der Waals surface area contributed by atoms with E-state index in [9.17, 15) is 34.8 Å². The fraction of sp³-hybridized carbons (Fsp3) is 0.375. The second kappa shape index (κ2) is 6.88. The van der Waals surface area contributed by atoms with Gasteiger partial charge in [-0.15, -0.1) is 0 Å². The van der Waals surface area contributed by atoms with Crippen molar-refractivity contribution >= 4 is 28.1 Å². The zero-order valence-corrected chi connectivity index (χ0v) is 18.5. The molecule has 0 radical (unpaired) electrons. The summed E-state index contributed by atoms with van der Waals surface area (Å²) in [7, 11) is 3.22. The SMILES string of the molecule is CC(=O)C1=C(O)[C@H](N(C)C)C2Cc3c(c(O)c4c(O)c(C)ccc4c3C)C(=O)C2(O)C1=O. The highest BCUT2D eigenvalue weighted by atomic mass is 16.3. The van der Waals surface area contributed by atoms with Crippen molar-refractivity contribution in [3.8, 4) is 11.5 Å². The van der Waals surface area contributed by atoms with Crippen LogP contribution in [0.2, 0.25) is 0 Å². The number of aliphatic hydroxyl groups excluding tert-OH is 1. The van der Waals surface area contributed by atoms with Crippen LogP contribution in [0.1, 0.15) is 34.0 Å². The van der Waals surface area contributed by atoms with Gasteiger partial charge in [-0.2, -0.15) is 0 Å². The van der Waals surface area contributed by atoms with Gasteiger partial charge in [0.05, 0.1) is 17.0 Å². The van der Waals surface area contributed by atoms with Gasteiger partial charge in [-0.1, -0.05) is 12.1 Å². The van der Waals surface area contributed by atoms with Gasteiger partial charge in [-0.05, 0) is 63.4 Å². The van der Waals surface area contributed by atoms with Gasteiger partial charge in [0.1, 0.15) is 22.8 Å². The van der Waals surface area contributed by atoms with Gasteiger partial charge in [-0.25, -0.2) is 0 Å². The first-order chi connectivity index (χ1) is 14.8. The van der Waals surface area contributed by atoms with Crippen molar-refractivity contribution in [1.29, 1.82) is 0 Å². The van der Waals surface area contributed by atoms with Crippen LogP contribution >= 0.6 is 0 Å². The second-order valence-corrected chi connectivity index (χ2v) is 8.94. The number of aryl methyl sites for hydroxylation is 2. The number of fused-ring (bicyclic) bond motifs is 3. The molecule has 0 fully saturated rings. The fourth-order valence-corrected chi connectivity index (χ4v) is 5.29. The number of ketones is 3. The molecule has 32 heavy (non-hydrogen) atoms. The number of Topliss-reactive ketones (excluding diaryl/α,β-unsaturated/α-hetero) is 3. The van der Waals surface area contributed by atoms with Crippen molar-refractivity contribution in [2.75, 3.05) is 14.1 Å². The lowest BCUT2D eigenvalue weighted by Gasteiger charge is -2.47. The highest BCUT2D eigenvalue weighted by Crippen LogP contribution is 2.50. The van der Waals surface area contributed by atoms with Crippen LogP contribution in [0.25, 0.3) is 10.8 Å². The van der Waals surface area contributed by atoms with Gasteiger partial charge in [-0.3, -0.25) is 19.3 Å². The lowest BCUT2D eigenvalue weighted by Crippen LogP contribution is -2.65. The summed E-state index contributed by atoms with van der Waals surface area (Å²) in [6, 6.07) is 2.45. The lowest BCUT2D eigenvalue weighted by molar-refractivity contribution is -0.140. The number of carbonyl (C=O) groups is 3. The molecule has 2 unspecified atom stereocenters. The highest BCUT2D eigenvalue weighted by Gasteiger charge is 2.63. The molecule has 2 aliphatic rings. The van der Waals surface area contributed by atoms with Crippen molar-refractivity contribution < 1.29 is 34.8 Å². The van der Waals surface area contributed by atoms with Gasteiger partial charge in [0.25, 0.3) is 0 Å². The normalized spacial score (nSPS) is 25.3. The Bertz CT molecular complexity index is 1270. The molecule has 8 nitrogen and oxygen atoms in total. The maximum Gasteiger partial charge on any atom is 0.209 e. The molecule has 0 aliphatic heterocycles. The molecule has 0 bridgehead atoms. The van der Waals surface area contributed by atoms with Crippen molar-refractivity contribution in [3.63, 3.8) is 0 Å². The average Bonchev–Trinajstić information content (AvgIpc) is 2.70. The molecule has 0 saturated heterocycles. The second-order valence-electron chi connectivity index (χ2n) is 8.94. The third kappa shape index (κ3) is 2.53. The van der Waals surface area contributed by atoms with Gasteiger partial charge in [0, 0.05) is 5.92 Å². The maximum atomic E-state index is 13.7. The number of nitrogens with zero attached hydrogens (tertiary/aromatic N) is 1. The minimum atomic E-state index is -2.65. The first-order valence-corrected chi connectivity index (χ1v) is 10.2. The average molecular weight is 439 g/mol. The summed E-state index contributed by atoms with van der Waals surface area (Å²) in [5.74, 6) is -5.26. The molecule has 4 N–H and O–H groups in total. The van der Waals surface area contributed by atoms with E-state index in [1.807, 2.05) is 0 Å². The first-order valence-electron chi connectivity index (χ1n) is 10.2. The fourth-order valence-electron chi connectivity index (χ4n) is 5.29. The number of aromatic hydroxyl groups is 2. The van der Waals surface area contributed by atoms with Crippen LogP contribution in [-0.4, -0.2) is 68.4 Å². The number of benzene rings is 2. The van der Waals surface area contributed by atoms with Crippen LogP contribution in [0.5, 0.6) is 11.5 Å². The van der Waals surface area contributed by atoms with Crippen LogP contribution in [0.4, 0.5) is 0 Å². The standard InChI is InChI=1S/C24H25NO7/c1-9-6-7-12-10(2)13-8-14-18(25(4)5)21(29)15(11(3)26)22(30)24(14,32)23(31)17(13)20(28)16(12)19(9)27/h6-7,14,18,27-29,32H,8H2,1-5H3/t14?,18-,24?/m1/s1. The Hall–Kier alpha value is -3.23. The van der Waals surface area contributed by atoms with Gasteiger partial charge < -0.3 is 20.4 Å². The summed E-state index contributed by atoms with van der Waals surface area (Å²) in [5.41, 5.74) is -1.98. The van der Waals surface area contributed by atoms with E-state index >= 15 is 0 Å². The molecule has 2 aromatic rings. The van der Waals surface area contributed by atoms with Crippen LogP contribution < -0.4 is 0 Å². The van der Waals surface area contributed by atoms with E-state index in [2.05, 4.69) is 0 Å². The Morgan fingerprint density at radius 2 is 1.69 bits per heavy atom. The molecule has 0 heterocycles. The number of phenolic OH excluding ortho intramolecular Hbond substituents is 2. The molecule has 0 aromatic heterocycles. The number of hydrogen-bond donors (Lipinski definition) is 4. The van der Waals surface area contributed by atoms with Crippen LogP contribution in [0.15, 0.2) is 23.5 Å². The largest absolute Gasteiger partial charge is 0.510 e. The summed E-state index contributed by atoms with van der Waals surface area (Å²) in [6.45, 7) is 4.46. The minimum Gasteiger partial charge on any atom is -0.510 e. The molecular weight excluding hydrogens is 414 g/mol. The van der Waals surface area contributed by atoms with Gasteiger partial charge >= 0.3 is 0 Å². The monoisotopic (exact) mass is 439 g/mol. The molecule has 2 aromatic carbocycles. The summed E-state index contributed by atoms with van der Waals surface area (Å²) in [6.07, 6.45) is -0.00856. The van der Waals surface area contributed by atoms with Crippen LogP contribution in [-0.2, 0) is 16.0 Å². The third-order valence-electron chi connectivity index (χ3n) is 6.94. The Balaban J connectivity index is 2.09. The predicted octanol–water partition coefficient (Wildman–Crippen LogP) is 1.87. The molecular formula is C24H25NO7. The summed E-state index contributed by atoms with van der Waals surface area (Å²) >= 11 is 0. The third-order valence-corrected chi connectivity index (χ3v) is 6.94. The van der Waals surface area contributed by atoms with Gasteiger partial charge in [0.15, 0.2) is 11.4 Å². The molecule has 0 amide bonds. The zero-order valence-electron chi connectivity index (χ0n) is 18.5. The Morgan fingerprint density at radius 3 is 2.25 bits per heavy atom. The minimum absolute atomic E-state index is 0.00856. The number of rotatable bonds is 2. The van der Waals surface area contributed by atoms with Gasteiger partial charge in [0.2, 0.25) is 11.6 Å². The Kier molecular flexibility index (Phi) is 4.73. The summed E-state index contributed by atoms with van der Waals surface area (Å²) in [5, 5.41) is 44.5. The van der Waals surface area contributed by atoms with E-state index in [0.717, 1.165) is 6.92 Å². The molecule has 0 spiro atoms. The molecule has 2 aliphatic carbocycles. The number of phenols is 2. The number of carbonyl (C=O) groups excluding carboxylic acids is 3. The molecule has 168 valence electrons. The van der Waals surface area contributed by atoms with E-state index in [1.54, 1.807) is 45.0 Å².